The van der Waals surface area contributed by atoms with Gasteiger partial charge in [0.15, 0.2) is 17.3 Å². The number of benzene rings is 2. The highest BCUT2D eigenvalue weighted by Crippen LogP contribution is 2.33. The van der Waals surface area contributed by atoms with Gasteiger partial charge in [-0.1, -0.05) is 0 Å². The van der Waals surface area contributed by atoms with Gasteiger partial charge in [0.1, 0.15) is 18.8 Å². The Morgan fingerprint density at radius 3 is 2.60 bits per heavy atom. The third kappa shape index (κ3) is 5.61. The van der Waals surface area contributed by atoms with Crippen LogP contribution < -0.4 is 9.64 Å². The number of halogens is 3. The van der Waals surface area contributed by atoms with Gasteiger partial charge in [-0.2, -0.15) is 18.3 Å². The fourth-order valence-corrected chi connectivity index (χ4v) is 4.40. The summed E-state index contributed by atoms with van der Waals surface area (Å²) in [7, 11) is 0. The van der Waals surface area contributed by atoms with E-state index in [0.717, 1.165) is 17.7 Å². The zero-order chi connectivity index (χ0) is 28.8. The number of carbonyl (C=O) groups is 2. The van der Waals surface area contributed by atoms with E-state index in [1.165, 1.54) is 23.1 Å². The summed E-state index contributed by atoms with van der Waals surface area (Å²) in [5, 5.41) is 4.57. The molecule has 9 nitrogen and oxygen atoms in total. The first-order chi connectivity index (χ1) is 18.8. The third-order valence-corrected chi connectivity index (χ3v) is 6.11. The van der Waals surface area contributed by atoms with Crippen LogP contribution in [0, 0.1) is 6.92 Å². The minimum atomic E-state index is -4.45. The Morgan fingerprint density at radius 1 is 1.12 bits per heavy atom. The quantitative estimate of drug-likeness (QED) is 0.320. The van der Waals surface area contributed by atoms with Crippen molar-refractivity contribution in [3.8, 4) is 17.1 Å². The van der Waals surface area contributed by atoms with Gasteiger partial charge >= 0.3 is 12.1 Å². The highest BCUT2D eigenvalue weighted by Gasteiger charge is 2.31. The lowest BCUT2D eigenvalue weighted by Gasteiger charge is -2.22. The number of esters is 1. The molecular weight excluding hydrogens is 527 g/mol. The van der Waals surface area contributed by atoms with Crippen LogP contribution in [0.4, 0.5) is 18.9 Å². The van der Waals surface area contributed by atoms with Crippen molar-refractivity contribution in [2.45, 2.75) is 46.0 Å². The van der Waals surface area contributed by atoms with Crippen LogP contribution in [0.25, 0.3) is 22.3 Å². The number of fused-ring (bicyclic) bond motifs is 2. The van der Waals surface area contributed by atoms with E-state index in [1.54, 1.807) is 37.8 Å². The smallest absolute Gasteiger partial charge is 0.416 e. The molecule has 0 saturated carbocycles. The van der Waals surface area contributed by atoms with E-state index in [-0.39, 0.29) is 42.4 Å². The molecule has 0 radical (unpaired) electrons. The van der Waals surface area contributed by atoms with Crippen LogP contribution >= 0.6 is 0 Å². The van der Waals surface area contributed by atoms with Gasteiger partial charge in [0.05, 0.1) is 23.8 Å². The van der Waals surface area contributed by atoms with E-state index in [9.17, 15) is 22.8 Å². The zero-order valence-electron chi connectivity index (χ0n) is 22.2. The van der Waals surface area contributed by atoms with E-state index in [4.69, 9.17) is 9.47 Å². The summed E-state index contributed by atoms with van der Waals surface area (Å²) in [6.07, 6.45) is -1.58. The molecule has 0 spiro atoms. The minimum absolute atomic E-state index is 0.0839. The Morgan fingerprint density at radius 2 is 1.90 bits per heavy atom. The molecule has 0 unspecified atom stereocenters. The van der Waals surface area contributed by atoms with E-state index in [0.29, 0.717) is 22.6 Å². The fourth-order valence-electron chi connectivity index (χ4n) is 4.40. The van der Waals surface area contributed by atoms with E-state index >= 15 is 0 Å². The van der Waals surface area contributed by atoms with Crippen molar-refractivity contribution in [3.05, 3.63) is 65.6 Å². The number of hydrogen-bond acceptors (Lipinski definition) is 7. The molecule has 0 bridgehead atoms. The molecule has 1 aliphatic heterocycles. The maximum Gasteiger partial charge on any atom is 0.416 e. The van der Waals surface area contributed by atoms with Gasteiger partial charge in [0.25, 0.3) is 5.91 Å². The first kappa shape index (κ1) is 27.1. The summed E-state index contributed by atoms with van der Waals surface area (Å²) in [5.74, 6) is -0.245. The van der Waals surface area contributed by atoms with Crippen molar-refractivity contribution in [1.82, 2.24) is 19.7 Å². The molecule has 0 aliphatic carbocycles. The predicted molar refractivity (Wildman–Crippen MR) is 140 cm³/mol. The minimum Gasteiger partial charge on any atom is -0.488 e. The number of alkyl halides is 3. The first-order valence-electron chi connectivity index (χ1n) is 12.5. The number of aromatic nitrogens is 4. The molecular formula is C28H26F3N5O4. The first-order valence-corrected chi connectivity index (χ1v) is 12.5. The molecule has 2 aromatic heterocycles. The Labute approximate surface area is 227 Å². The summed E-state index contributed by atoms with van der Waals surface area (Å²) >= 11 is 0. The van der Waals surface area contributed by atoms with Gasteiger partial charge in [-0.25, -0.2) is 9.97 Å². The average molecular weight is 554 g/mol. The maximum absolute atomic E-state index is 13.5. The molecule has 2 aromatic carbocycles. The molecule has 1 aliphatic rings. The molecule has 40 heavy (non-hydrogen) atoms. The summed E-state index contributed by atoms with van der Waals surface area (Å²) in [6, 6.07) is 8.63. The SMILES string of the molecule is Cc1cc(-c2ncc3cc(C(F)(F)F)ccc3n2)ccc1N1CCOc2cn(CC(=O)OC(C)(C)C)nc2C1=O. The summed E-state index contributed by atoms with van der Waals surface area (Å²) in [6.45, 7) is 7.44. The second-order valence-corrected chi connectivity index (χ2v) is 10.4. The molecule has 0 fully saturated rings. The van der Waals surface area contributed by atoms with Crippen LogP contribution in [0.5, 0.6) is 5.75 Å². The number of rotatable bonds is 4. The lowest BCUT2D eigenvalue weighted by molar-refractivity contribution is -0.155. The monoisotopic (exact) mass is 553 g/mol. The Hall–Kier alpha value is -4.48. The largest absolute Gasteiger partial charge is 0.488 e. The zero-order valence-corrected chi connectivity index (χ0v) is 22.2. The second kappa shape index (κ2) is 9.92. The van der Waals surface area contributed by atoms with Gasteiger partial charge in [0, 0.05) is 22.8 Å². The highest BCUT2D eigenvalue weighted by atomic mass is 19.4. The number of anilines is 1. The third-order valence-electron chi connectivity index (χ3n) is 6.11. The van der Waals surface area contributed by atoms with Crippen LogP contribution in [0.1, 0.15) is 42.4 Å². The summed E-state index contributed by atoms with van der Waals surface area (Å²) in [5.41, 5.74) is 1.07. The van der Waals surface area contributed by atoms with Crippen LogP contribution in [-0.4, -0.2) is 50.4 Å². The Kier molecular flexibility index (Phi) is 6.72. The number of amides is 1. The molecule has 0 N–H and O–H groups in total. The number of hydrogen-bond donors (Lipinski definition) is 0. The van der Waals surface area contributed by atoms with E-state index in [2.05, 4.69) is 15.1 Å². The predicted octanol–water partition coefficient (Wildman–Crippen LogP) is 5.20. The average Bonchev–Trinajstić information content (AvgIpc) is 3.19. The number of ether oxygens (including phenoxy) is 2. The van der Waals surface area contributed by atoms with Crippen molar-refractivity contribution < 1.29 is 32.2 Å². The van der Waals surface area contributed by atoms with Gasteiger partial charge in [-0.15, -0.1) is 0 Å². The standard InChI is InChI=1S/C28H26F3N5O4/c1-16-11-17(25-32-13-18-12-19(28(29,30)31)6-7-20(18)33-25)5-8-21(16)36-9-10-39-22-14-35(34-24(22)26(36)38)15-23(37)40-27(2,3)4/h5-8,11-14H,9-10,15H2,1-4H3. The lowest BCUT2D eigenvalue weighted by atomic mass is 10.1. The molecule has 208 valence electrons. The molecule has 5 rings (SSSR count). The molecule has 4 aromatic rings. The Balaban J connectivity index is 1.38. The van der Waals surface area contributed by atoms with Gasteiger partial charge in [-0.3, -0.25) is 14.3 Å². The van der Waals surface area contributed by atoms with Crippen LogP contribution in [0.2, 0.25) is 0 Å². The molecule has 1 amide bonds. The fraction of sp³-hybridized carbons (Fsp3) is 0.321. The molecule has 3 heterocycles. The number of aryl methyl sites for hydroxylation is 1. The normalized spacial score (nSPS) is 14.1. The molecule has 0 atom stereocenters. The molecule has 12 heteroatoms. The van der Waals surface area contributed by atoms with E-state index < -0.39 is 23.3 Å². The number of carbonyl (C=O) groups excluding carboxylic acids is 2. The maximum atomic E-state index is 13.5. The van der Waals surface area contributed by atoms with Crippen LogP contribution in [-0.2, 0) is 22.3 Å². The Bertz CT molecular complexity index is 1620. The topological polar surface area (TPSA) is 99.4 Å². The van der Waals surface area contributed by atoms with Crippen molar-refractivity contribution in [2.24, 2.45) is 0 Å². The van der Waals surface area contributed by atoms with Crippen molar-refractivity contribution >= 4 is 28.5 Å². The summed E-state index contributed by atoms with van der Waals surface area (Å²) < 4.78 is 51.5. The molecule has 0 saturated heterocycles. The van der Waals surface area contributed by atoms with Crippen LogP contribution in [0.3, 0.4) is 0 Å². The van der Waals surface area contributed by atoms with Crippen molar-refractivity contribution in [1.29, 1.82) is 0 Å². The number of nitrogens with zero attached hydrogens (tertiary/aromatic N) is 5. The van der Waals surface area contributed by atoms with E-state index in [1.807, 2.05) is 13.0 Å². The van der Waals surface area contributed by atoms with Crippen LogP contribution in [0.15, 0.2) is 48.8 Å². The van der Waals surface area contributed by atoms with Gasteiger partial charge in [0.2, 0.25) is 0 Å². The van der Waals surface area contributed by atoms with Gasteiger partial charge in [-0.05, 0) is 69.7 Å². The second-order valence-electron chi connectivity index (χ2n) is 10.4. The lowest BCUT2D eigenvalue weighted by Crippen LogP contribution is -2.33. The van der Waals surface area contributed by atoms with Crippen molar-refractivity contribution in [3.63, 3.8) is 0 Å². The summed E-state index contributed by atoms with van der Waals surface area (Å²) in [4.78, 5) is 35.9. The van der Waals surface area contributed by atoms with Gasteiger partial charge < -0.3 is 14.4 Å². The highest BCUT2D eigenvalue weighted by molar-refractivity contribution is 6.07. The van der Waals surface area contributed by atoms with Crippen molar-refractivity contribution in [2.75, 3.05) is 18.1 Å².